The van der Waals surface area contributed by atoms with Gasteiger partial charge in [-0.15, -0.1) is 0 Å². The predicted octanol–water partition coefficient (Wildman–Crippen LogP) is 1.96. The molecule has 3 nitrogen and oxygen atoms in total. The van der Waals surface area contributed by atoms with E-state index in [0.717, 1.165) is 12.1 Å². The summed E-state index contributed by atoms with van der Waals surface area (Å²) in [5.74, 6) is -2.20. The highest BCUT2D eigenvalue weighted by atomic mass is 32.1. The summed E-state index contributed by atoms with van der Waals surface area (Å²) in [6.45, 7) is 2.07. The van der Waals surface area contributed by atoms with Gasteiger partial charge in [-0.1, -0.05) is 19.1 Å². The van der Waals surface area contributed by atoms with Crippen molar-refractivity contribution in [3.8, 4) is 0 Å². The number of carbonyl (C=O) groups is 1. The number of hydrogen-bond acceptors (Lipinski definition) is 2. The average molecular weight is 272 g/mol. The van der Waals surface area contributed by atoms with Crippen molar-refractivity contribution in [2.45, 2.75) is 6.92 Å². The molecule has 18 heavy (non-hydrogen) atoms. The third-order valence-corrected chi connectivity index (χ3v) is 2.89. The Morgan fingerprint density at radius 3 is 2.33 bits per heavy atom. The quantitative estimate of drug-likeness (QED) is 0.852. The van der Waals surface area contributed by atoms with Crippen LogP contribution in [-0.4, -0.2) is 29.4 Å². The van der Waals surface area contributed by atoms with Gasteiger partial charge in [0.2, 0.25) is 0 Å². The molecule has 0 fully saturated rings. The zero-order valence-corrected chi connectivity index (χ0v) is 10.9. The average Bonchev–Trinajstić information content (AvgIpc) is 2.26. The Labute approximate surface area is 110 Å². The molecule has 98 valence electrons. The second kappa shape index (κ2) is 5.86. The summed E-state index contributed by atoms with van der Waals surface area (Å²) in [5.41, 5.74) is 5.41. The fourth-order valence-corrected chi connectivity index (χ4v) is 1.56. The van der Waals surface area contributed by atoms with Crippen LogP contribution in [0.5, 0.6) is 0 Å². The lowest BCUT2D eigenvalue weighted by Crippen LogP contribution is -2.35. The minimum Gasteiger partial charge on any atom is -0.393 e. The number of hydrogen-bond donors (Lipinski definition) is 1. The minimum absolute atomic E-state index is 0.0369. The van der Waals surface area contributed by atoms with Crippen molar-refractivity contribution >= 4 is 23.1 Å². The van der Waals surface area contributed by atoms with Gasteiger partial charge in [-0.05, 0) is 12.1 Å². The van der Waals surface area contributed by atoms with Crippen LogP contribution in [0.15, 0.2) is 18.2 Å². The molecular formula is C12H14F2N2OS. The second-order valence-electron chi connectivity index (χ2n) is 4.15. The van der Waals surface area contributed by atoms with Gasteiger partial charge in [-0.3, -0.25) is 4.79 Å². The molecule has 1 atom stereocenters. The molecule has 0 aliphatic heterocycles. The summed E-state index contributed by atoms with van der Waals surface area (Å²) in [7, 11) is 1.53. The van der Waals surface area contributed by atoms with Crippen LogP contribution in [-0.2, 0) is 0 Å². The fourth-order valence-electron chi connectivity index (χ4n) is 1.48. The van der Waals surface area contributed by atoms with Gasteiger partial charge >= 0.3 is 0 Å². The molecule has 0 aliphatic carbocycles. The van der Waals surface area contributed by atoms with Gasteiger partial charge in [0.15, 0.2) is 0 Å². The molecule has 0 spiro atoms. The van der Waals surface area contributed by atoms with Gasteiger partial charge in [0, 0.05) is 31.1 Å². The van der Waals surface area contributed by atoms with Gasteiger partial charge in [0.05, 0.1) is 4.99 Å². The van der Waals surface area contributed by atoms with Crippen molar-refractivity contribution in [1.29, 1.82) is 0 Å². The van der Waals surface area contributed by atoms with Crippen LogP contribution in [0.1, 0.15) is 17.3 Å². The number of thiocarbonyl (C=S) groups is 1. The Balaban J connectivity index is 2.83. The van der Waals surface area contributed by atoms with Gasteiger partial charge in [-0.2, -0.15) is 0 Å². The molecule has 1 unspecified atom stereocenters. The molecule has 0 saturated heterocycles. The number of carbonyl (C=O) groups excluding carboxylic acids is 1. The molecule has 0 saturated carbocycles. The van der Waals surface area contributed by atoms with Gasteiger partial charge in [0.25, 0.3) is 5.91 Å². The Morgan fingerprint density at radius 2 is 1.89 bits per heavy atom. The van der Waals surface area contributed by atoms with E-state index < -0.39 is 17.5 Å². The van der Waals surface area contributed by atoms with Gasteiger partial charge in [0.1, 0.15) is 11.6 Å². The highest BCUT2D eigenvalue weighted by Gasteiger charge is 2.17. The topological polar surface area (TPSA) is 46.3 Å². The molecule has 1 aromatic carbocycles. The standard InChI is InChI=1S/C12H14F2N2OS/c1-7(11(15)18)6-16(2)12(17)8-3-9(13)5-10(14)4-8/h3-5,7H,6H2,1-2H3,(H2,15,18). The summed E-state index contributed by atoms with van der Waals surface area (Å²) in [5, 5.41) is 0. The van der Waals surface area contributed by atoms with Crippen LogP contribution >= 0.6 is 12.2 Å². The zero-order chi connectivity index (χ0) is 13.9. The summed E-state index contributed by atoms with van der Waals surface area (Å²) in [6.07, 6.45) is 0. The summed E-state index contributed by atoms with van der Waals surface area (Å²) in [6, 6.07) is 2.70. The maximum atomic E-state index is 13.0. The maximum Gasteiger partial charge on any atom is 0.253 e. The first kappa shape index (κ1) is 14.5. The monoisotopic (exact) mass is 272 g/mol. The van der Waals surface area contributed by atoms with Crippen LogP contribution in [0, 0.1) is 17.6 Å². The van der Waals surface area contributed by atoms with Crippen LogP contribution < -0.4 is 5.73 Å². The highest BCUT2D eigenvalue weighted by Crippen LogP contribution is 2.11. The van der Waals surface area contributed by atoms with Crippen molar-refractivity contribution < 1.29 is 13.6 Å². The third kappa shape index (κ3) is 3.73. The van der Waals surface area contributed by atoms with Crippen molar-refractivity contribution in [1.82, 2.24) is 4.90 Å². The van der Waals surface area contributed by atoms with Crippen LogP contribution in [0.2, 0.25) is 0 Å². The van der Waals surface area contributed by atoms with Crippen molar-refractivity contribution in [2.75, 3.05) is 13.6 Å². The van der Waals surface area contributed by atoms with E-state index in [9.17, 15) is 13.6 Å². The lowest BCUT2D eigenvalue weighted by atomic mass is 10.1. The minimum atomic E-state index is -0.783. The molecule has 2 N–H and O–H groups in total. The molecule has 6 heteroatoms. The van der Waals surface area contributed by atoms with Crippen LogP contribution in [0.3, 0.4) is 0 Å². The van der Waals surface area contributed by atoms with E-state index in [1.807, 2.05) is 0 Å². The van der Waals surface area contributed by atoms with Crippen molar-refractivity contribution in [3.05, 3.63) is 35.4 Å². The largest absolute Gasteiger partial charge is 0.393 e. The Bertz CT molecular complexity index is 459. The second-order valence-corrected chi connectivity index (χ2v) is 4.62. The number of nitrogens with zero attached hydrogens (tertiary/aromatic N) is 1. The van der Waals surface area contributed by atoms with Gasteiger partial charge in [-0.25, -0.2) is 8.78 Å². The molecule has 1 amide bonds. The van der Waals surface area contributed by atoms with Crippen LogP contribution in [0.25, 0.3) is 0 Å². The summed E-state index contributed by atoms with van der Waals surface area (Å²) in [4.78, 5) is 13.5. The lowest BCUT2D eigenvalue weighted by molar-refractivity contribution is 0.0786. The molecule has 0 radical (unpaired) electrons. The predicted molar refractivity (Wildman–Crippen MR) is 69.3 cm³/mol. The first-order chi connectivity index (χ1) is 8.31. The number of amides is 1. The van der Waals surface area contributed by atoms with E-state index in [1.165, 1.54) is 11.9 Å². The van der Waals surface area contributed by atoms with Crippen molar-refractivity contribution in [2.24, 2.45) is 11.7 Å². The molecular weight excluding hydrogens is 258 g/mol. The number of rotatable bonds is 4. The molecule has 1 rings (SSSR count). The first-order valence-electron chi connectivity index (χ1n) is 5.32. The molecule has 1 aromatic rings. The Hall–Kier alpha value is -1.56. The first-order valence-corrected chi connectivity index (χ1v) is 5.73. The molecule has 0 aliphatic rings. The summed E-state index contributed by atoms with van der Waals surface area (Å²) < 4.78 is 26.0. The third-order valence-electron chi connectivity index (χ3n) is 2.49. The highest BCUT2D eigenvalue weighted by molar-refractivity contribution is 7.80. The normalized spacial score (nSPS) is 12.0. The maximum absolute atomic E-state index is 13.0. The van der Waals surface area contributed by atoms with E-state index >= 15 is 0 Å². The van der Waals surface area contributed by atoms with E-state index in [2.05, 4.69) is 0 Å². The van der Waals surface area contributed by atoms with E-state index in [1.54, 1.807) is 6.92 Å². The fraction of sp³-hybridized carbons (Fsp3) is 0.333. The number of nitrogens with two attached hydrogens (primary N) is 1. The number of benzene rings is 1. The zero-order valence-electron chi connectivity index (χ0n) is 10.1. The van der Waals surface area contributed by atoms with Crippen molar-refractivity contribution in [3.63, 3.8) is 0 Å². The Morgan fingerprint density at radius 1 is 1.39 bits per heavy atom. The van der Waals surface area contributed by atoms with E-state index in [0.29, 0.717) is 17.6 Å². The lowest BCUT2D eigenvalue weighted by Gasteiger charge is -2.21. The SMILES string of the molecule is CC(CN(C)C(=O)c1cc(F)cc(F)c1)C(N)=S. The molecule has 0 heterocycles. The van der Waals surface area contributed by atoms with E-state index in [-0.39, 0.29) is 11.5 Å². The summed E-state index contributed by atoms with van der Waals surface area (Å²) >= 11 is 4.80. The smallest absolute Gasteiger partial charge is 0.253 e. The van der Waals surface area contributed by atoms with Gasteiger partial charge < -0.3 is 10.6 Å². The molecule has 0 bridgehead atoms. The Kier molecular flexibility index (Phi) is 4.72. The van der Waals surface area contributed by atoms with Crippen LogP contribution in [0.4, 0.5) is 8.78 Å². The van der Waals surface area contributed by atoms with E-state index in [4.69, 9.17) is 18.0 Å². The number of halogens is 2. The molecule has 0 aromatic heterocycles.